The summed E-state index contributed by atoms with van der Waals surface area (Å²) < 4.78 is 1.13. The van der Waals surface area contributed by atoms with Crippen molar-refractivity contribution in [1.29, 1.82) is 0 Å². The lowest BCUT2D eigenvalue weighted by molar-refractivity contribution is 0.0935. The number of benzene rings is 2. The molecule has 2 aromatic rings. The van der Waals surface area contributed by atoms with Crippen LogP contribution in [-0.4, -0.2) is 11.0 Å². The van der Waals surface area contributed by atoms with Crippen LogP contribution in [0.5, 0.6) is 5.75 Å². The first-order chi connectivity index (χ1) is 9.56. The summed E-state index contributed by atoms with van der Waals surface area (Å²) in [6.45, 7) is 0. The summed E-state index contributed by atoms with van der Waals surface area (Å²) >= 11 is 6.58. The molecule has 0 saturated carbocycles. The average Bonchev–Trinajstić information content (AvgIpc) is 2.44. The summed E-state index contributed by atoms with van der Waals surface area (Å²) in [6, 6.07) is 10.9. The first-order valence-electron chi connectivity index (χ1n) is 5.90. The van der Waals surface area contributed by atoms with Gasteiger partial charge >= 0.3 is 0 Å². The molecule has 1 aliphatic heterocycles. The van der Waals surface area contributed by atoms with Crippen molar-refractivity contribution in [3.63, 3.8) is 0 Å². The number of nitrogens with one attached hydrogen (secondary N) is 2. The van der Waals surface area contributed by atoms with Crippen LogP contribution in [0.2, 0.25) is 0 Å². The number of aromatic hydroxyl groups is 1. The molecule has 1 atom stereocenters. The molecule has 3 N–H and O–H groups in total. The Morgan fingerprint density at radius 3 is 2.40 bits per heavy atom. The number of rotatable bonds is 1. The van der Waals surface area contributed by atoms with Crippen LogP contribution < -0.4 is 10.6 Å². The minimum Gasteiger partial charge on any atom is -0.506 e. The summed E-state index contributed by atoms with van der Waals surface area (Å²) in [5.74, 6) is 0.0148. The maximum Gasteiger partial charge on any atom is 0.255 e. The molecule has 0 spiro atoms. The Balaban J connectivity index is 2.00. The molecule has 3 rings (SSSR count). The number of phenols is 1. The molecule has 1 amide bonds. The van der Waals surface area contributed by atoms with Gasteiger partial charge in [0.2, 0.25) is 0 Å². The zero-order valence-corrected chi connectivity index (χ0v) is 13.3. The van der Waals surface area contributed by atoms with E-state index in [1.807, 2.05) is 18.2 Å². The van der Waals surface area contributed by atoms with Gasteiger partial charge in [0, 0.05) is 5.69 Å². The first kappa shape index (κ1) is 13.5. The van der Waals surface area contributed by atoms with E-state index in [2.05, 4.69) is 42.5 Å². The topological polar surface area (TPSA) is 61.4 Å². The molecule has 1 unspecified atom stereocenters. The number of phenolic OH excluding ortho intramolecular Hbond substituents is 1. The number of carbonyl (C=O) groups is 1. The van der Waals surface area contributed by atoms with Crippen molar-refractivity contribution >= 4 is 43.5 Å². The lowest BCUT2D eigenvalue weighted by Gasteiger charge is -2.28. The largest absolute Gasteiger partial charge is 0.506 e. The number of para-hydroxylation sites is 1. The van der Waals surface area contributed by atoms with Crippen molar-refractivity contribution < 1.29 is 9.90 Å². The molecule has 1 heterocycles. The number of hydrogen-bond acceptors (Lipinski definition) is 3. The zero-order valence-electron chi connectivity index (χ0n) is 10.2. The van der Waals surface area contributed by atoms with E-state index in [0.29, 0.717) is 14.5 Å². The fraction of sp³-hybridized carbons (Fsp3) is 0.0714. The molecular weight excluding hydrogens is 388 g/mol. The molecule has 0 bridgehead atoms. The molecule has 0 aliphatic carbocycles. The van der Waals surface area contributed by atoms with E-state index in [9.17, 15) is 9.90 Å². The second-order valence-corrected chi connectivity index (χ2v) is 6.14. The van der Waals surface area contributed by atoms with E-state index < -0.39 is 0 Å². The van der Waals surface area contributed by atoms with Crippen LogP contribution in [0.3, 0.4) is 0 Å². The highest BCUT2D eigenvalue weighted by molar-refractivity contribution is 9.11. The molecular formula is C14H10Br2N2O2. The predicted octanol–water partition coefficient (Wildman–Crippen LogP) is 3.77. The van der Waals surface area contributed by atoms with Gasteiger partial charge in [-0.3, -0.25) is 4.79 Å². The number of fused-ring (bicyclic) bond motifs is 1. The number of halogens is 2. The number of anilines is 1. The Hall–Kier alpha value is -1.53. The zero-order chi connectivity index (χ0) is 14.3. The van der Waals surface area contributed by atoms with Crippen molar-refractivity contribution in [2.75, 3.05) is 5.32 Å². The standard InChI is InChI=1S/C14H10Br2N2O2/c15-9-5-7(6-10(16)12(9)19)13-17-11-4-2-1-3-8(11)14(20)18-13/h1-6,13,17,19H,(H,18,20). The Labute approximate surface area is 132 Å². The van der Waals surface area contributed by atoms with Gasteiger partial charge in [-0.15, -0.1) is 0 Å². The number of amides is 1. The summed E-state index contributed by atoms with van der Waals surface area (Å²) in [5, 5.41) is 15.9. The van der Waals surface area contributed by atoms with Crippen LogP contribution >= 0.6 is 31.9 Å². The van der Waals surface area contributed by atoms with Gasteiger partial charge in [0.25, 0.3) is 5.91 Å². The minimum atomic E-state index is -0.342. The van der Waals surface area contributed by atoms with Crippen molar-refractivity contribution in [1.82, 2.24) is 5.32 Å². The van der Waals surface area contributed by atoms with Gasteiger partial charge in [-0.25, -0.2) is 0 Å². The Morgan fingerprint density at radius 2 is 1.70 bits per heavy atom. The Bertz CT molecular complexity index is 680. The maximum atomic E-state index is 12.1. The predicted molar refractivity (Wildman–Crippen MR) is 83.8 cm³/mol. The summed E-state index contributed by atoms with van der Waals surface area (Å²) in [6.07, 6.45) is -0.342. The van der Waals surface area contributed by atoms with Crippen LogP contribution in [-0.2, 0) is 0 Å². The average molecular weight is 398 g/mol. The highest BCUT2D eigenvalue weighted by Gasteiger charge is 2.25. The van der Waals surface area contributed by atoms with E-state index in [-0.39, 0.29) is 17.8 Å². The molecule has 0 saturated heterocycles. The molecule has 6 heteroatoms. The van der Waals surface area contributed by atoms with Crippen LogP contribution in [0.15, 0.2) is 45.3 Å². The first-order valence-corrected chi connectivity index (χ1v) is 7.49. The molecule has 0 fully saturated rings. The third-order valence-electron chi connectivity index (χ3n) is 3.12. The normalized spacial score (nSPS) is 17.1. The van der Waals surface area contributed by atoms with Gasteiger partial charge in [-0.1, -0.05) is 12.1 Å². The fourth-order valence-corrected chi connectivity index (χ4v) is 3.35. The monoisotopic (exact) mass is 396 g/mol. The van der Waals surface area contributed by atoms with Crippen molar-refractivity contribution in [2.45, 2.75) is 6.17 Å². The van der Waals surface area contributed by atoms with E-state index in [1.54, 1.807) is 18.2 Å². The highest BCUT2D eigenvalue weighted by atomic mass is 79.9. The molecule has 2 aromatic carbocycles. The smallest absolute Gasteiger partial charge is 0.255 e. The number of hydrogen-bond donors (Lipinski definition) is 3. The molecule has 1 aliphatic rings. The Morgan fingerprint density at radius 1 is 1.05 bits per heavy atom. The van der Waals surface area contributed by atoms with Gasteiger partial charge in [-0.05, 0) is 61.7 Å². The van der Waals surface area contributed by atoms with E-state index in [0.717, 1.165) is 11.3 Å². The van der Waals surface area contributed by atoms with Crippen LogP contribution in [0.1, 0.15) is 22.1 Å². The quantitative estimate of drug-likeness (QED) is 0.686. The van der Waals surface area contributed by atoms with Crippen LogP contribution in [0.4, 0.5) is 5.69 Å². The molecule has 4 nitrogen and oxygen atoms in total. The maximum absolute atomic E-state index is 12.1. The fourth-order valence-electron chi connectivity index (χ4n) is 2.13. The summed E-state index contributed by atoms with van der Waals surface area (Å²) in [5.41, 5.74) is 2.26. The van der Waals surface area contributed by atoms with E-state index >= 15 is 0 Å². The molecule has 0 radical (unpaired) electrons. The highest BCUT2D eigenvalue weighted by Crippen LogP contribution is 2.36. The third-order valence-corrected chi connectivity index (χ3v) is 4.33. The third kappa shape index (κ3) is 2.29. The summed E-state index contributed by atoms with van der Waals surface area (Å²) in [7, 11) is 0. The second kappa shape index (κ2) is 5.10. The molecule has 20 heavy (non-hydrogen) atoms. The van der Waals surface area contributed by atoms with Crippen molar-refractivity contribution in [2.24, 2.45) is 0 Å². The molecule has 102 valence electrons. The molecule has 0 aromatic heterocycles. The van der Waals surface area contributed by atoms with Crippen molar-refractivity contribution in [3.8, 4) is 5.75 Å². The van der Waals surface area contributed by atoms with E-state index in [1.165, 1.54) is 0 Å². The van der Waals surface area contributed by atoms with Crippen LogP contribution in [0.25, 0.3) is 0 Å². The minimum absolute atomic E-state index is 0.121. The second-order valence-electron chi connectivity index (χ2n) is 4.43. The SMILES string of the molecule is O=C1NC(c2cc(Br)c(O)c(Br)c2)Nc2ccccc21. The van der Waals surface area contributed by atoms with Gasteiger partial charge < -0.3 is 15.7 Å². The van der Waals surface area contributed by atoms with Gasteiger partial charge in [0.15, 0.2) is 0 Å². The van der Waals surface area contributed by atoms with E-state index in [4.69, 9.17) is 0 Å². The van der Waals surface area contributed by atoms with Crippen molar-refractivity contribution in [3.05, 3.63) is 56.5 Å². The number of carbonyl (C=O) groups excluding carboxylic acids is 1. The van der Waals surface area contributed by atoms with Crippen LogP contribution in [0, 0.1) is 0 Å². The van der Waals surface area contributed by atoms with Gasteiger partial charge in [-0.2, -0.15) is 0 Å². The Kier molecular flexibility index (Phi) is 3.43. The lowest BCUT2D eigenvalue weighted by Crippen LogP contribution is -2.38. The van der Waals surface area contributed by atoms with Gasteiger partial charge in [0.1, 0.15) is 11.9 Å². The summed E-state index contributed by atoms with van der Waals surface area (Å²) in [4.78, 5) is 12.1. The lowest BCUT2D eigenvalue weighted by atomic mass is 10.1. The van der Waals surface area contributed by atoms with Gasteiger partial charge in [0.05, 0.1) is 14.5 Å².